The number of nitrogens with two attached hydrogens (primary N) is 1. The van der Waals surface area contributed by atoms with Gasteiger partial charge in [-0.15, -0.1) is 0 Å². The number of benzene rings is 1. The molecule has 0 saturated carbocycles. The van der Waals surface area contributed by atoms with Crippen molar-refractivity contribution in [3.8, 4) is 5.75 Å². The topological polar surface area (TPSA) is 35.2 Å². The van der Waals surface area contributed by atoms with Crippen LogP contribution in [0.1, 0.15) is 51.2 Å². The first-order valence-corrected chi connectivity index (χ1v) is 6.74. The van der Waals surface area contributed by atoms with E-state index in [-0.39, 0.29) is 0 Å². The van der Waals surface area contributed by atoms with Gasteiger partial charge < -0.3 is 10.5 Å². The first kappa shape index (κ1) is 15.0. The average Bonchev–Trinajstić information content (AvgIpc) is 2.27. The van der Waals surface area contributed by atoms with E-state index in [0.29, 0.717) is 17.9 Å². The summed E-state index contributed by atoms with van der Waals surface area (Å²) >= 11 is 0. The molecule has 0 fully saturated rings. The fourth-order valence-corrected chi connectivity index (χ4v) is 2.30. The summed E-state index contributed by atoms with van der Waals surface area (Å²) in [6.45, 7) is 9.72. The third-order valence-electron chi connectivity index (χ3n) is 3.16. The molecule has 2 heteroatoms. The predicted octanol–water partition coefficient (Wildman–Crippen LogP) is 3.74. The van der Waals surface area contributed by atoms with Crippen molar-refractivity contribution in [2.75, 3.05) is 13.7 Å². The lowest BCUT2D eigenvalue weighted by molar-refractivity contribution is 0.400. The van der Waals surface area contributed by atoms with E-state index in [4.69, 9.17) is 10.5 Å². The van der Waals surface area contributed by atoms with Gasteiger partial charge in [0.2, 0.25) is 0 Å². The van der Waals surface area contributed by atoms with E-state index in [1.54, 1.807) is 7.11 Å². The summed E-state index contributed by atoms with van der Waals surface area (Å²) in [5.41, 5.74) is 8.62. The number of hydrogen-bond acceptors (Lipinski definition) is 2. The third kappa shape index (κ3) is 4.34. The molecule has 1 aromatic carbocycles. The average molecular weight is 249 g/mol. The molecule has 0 saturated heterocycles. The second-order valence-corrected chi connectivity index (χ2v) is 6.29. The zero-order chi connectivity index (χ0) is 13.8. The van der Waals surface area contributed by atoms with Crippen LogP contribution in [-0.2, 0) is 6.42 Å². The Balaban J connectivity index is 3.01. The van der Waals surface area contributed by atoms with Crippen LogP contribution in [0.2, 0.25) is 0 Å². The van der Waals surface area contributed by atoms with E-state index < -0.39 is 0 Å². The van der Waals surface area contributed by atoms with Gasteiger partial charge in [0.15, 0.2) is 0 Å². The van der Waals surface area contributed by atoms with Gasteiger partial charge in [-0.05, 0) is 47.9 Å². The quantitative estimate of drug-likeness (QED) is 0.863. The lowest BCUT2D eigenvalue weighted by Gasteiger charge is -2.21. The van der Waals surface area contributed by atoms with Crippen LogP contribution in [0, 0.1) is 5.41 Å². The fourth-order valence-electron chi connectivity index (χ4n) is 2.30. The summed E-state index contributed by atoms with van der Waals surface area (Å²) in [6.07, 6.45) is 2.08. The highest BCUT2D eigenvalue weighted by Gasteiger charge is 2.15. The van der Waals surface area contributed by atoms with Gasteiger partial charge in [-0.2, -0.15) is 0 Å². The summed E-state index contributed by atoms with van der Waals surface area (Å²) < 4.78 is 5.46. The van der Waals surface area contributed by atoms with Crippen LogP contribution in [0.5, 0.6) is 5.75 Å². The predicted molar refractivity (Wildman–Crippen MR) is 78.2 cm³/mol. The Bertz CT molecular complexity index is 379. The smallest absolute Gasteiger partial charge is 0.122 e. The molecule has 0 spiro atoms. The van der Waals surface area contributed by atoms with Gasteiger partial charge >= 0.3 is 0 Å². The maximum Gasteiger partial charge on any atom is 0.122 e. The van der Waals surface area contributed by atoms with Crippen molar-refractivity contribution in [3.05, 3.63) is 29.3 Å². The highest BCUT2D eigenvalue weighted by atomic mass is 16.5. The normalized spacial score (nSPS) is 13.4. The van der Waals surface area contributed by atoms with Crippen molar-refractivity contribution in [1.29, 1.82) is 0 Å². The SMILES string of the molecule is COc1ccc(CC(C)(C)C)cc1C(C)CCN. The summed E-state index contributed by atoms with van der Waals surface area (Å²) in [4.78, 5) is 0. The second-order valence-electron chi connectivity index (χ2n) is 6.29. The molecule has 1 rings (SSSR count). The zero-order valence-electron chi connectivity index (χ0n) is 12.4. The molecule has 18 heavy (non-hydrogen) atoms. The summed E-state index contributed by atoms with van der Waals surface area (Å²) in [7, 11) is 1.73. The van der Waals surface area contributed by atoms with E-state index in [2.05, 4.69) is 45.9 Å². The van der Waals surface area contributed by atoms with E-state index in [9.17, 15) is 0 Å². The van der Waals surface area contributed by atoms with Crippen molar-refractivity contribution >= 4 is 0 Å². The number of rotatable bonds is 5. The molecule has 1 atom stereocenters. The van der Waals surface area contributed by atoms with E-state index in [0.717, 1.165) is 18.6 Å². The molecule has 0 aromatic heterocycles. The highest BCUT2D eigenvalue weighted by Crippen LogP contribution is 2.31. The molecular weight excluding hydrogens is 222 g/mol. The monoisotopic (exact) mass is 249 g/mol. The molecular formula is C16H27NO. The van der Waals surface area contributed by atoms with Gasteiger partial charge in [0.25, 0.3) is 0 Å². The number of ether oxygens (including phenoxy) is 1. The van der Waals surface area contributed by atoms with Crippen LogP contribution in [-0.4, -0.2) is 13.7 Å². The molecule has 0 aliphatic carbocycles. The van der Waals surface area contributed by atoms with Crippen molar-refractivity contribution < 1.29 is 4.74 Å². The van der Waals surface area contributed by atoms with Crippen LogP contribution in [0.15, 0.2) is 18.2 Å². The van der Waals surface area contributed by atoms with Crippen molar-refractivity contribution in [2.45, 2.75) is 46.5 Å². The van der Waals surface area contributed by atoms with Gasteiger partial charge in [0.1, 0.15) is 5.75 Å². The lowest BCUT2D eigenvalue weighted by atomic mass is 9.86. The van der Waals surface area contributed by atoms with Gasteiger partial charge in [0.05, 0.1) is 7.11 Å². The van der Waals surface area contributed by atoms with E-state index >= 15 is 0 Å². The molecule has 2 N–H and O–H groups in total. The molecule has 0 radical (unpaired) electrons. The molecule has 1 unspecified atom stereocenters. The maximum absolute atomic E-state index is 5.66. The molecule has 0 heterocycles. The van der Waals surface area contributed by atoms with Crippen LogP contribution in [0.25, 0.3) is 0 Å². The molecule has 102 valence electrons. The van der Waals surface area contributed by atoms with Crippen molar-refractivity contribution in [1.82, 2.24) is 0 Å². The van der Waals surface area contributed by atoms with Crippen LogP contribution in [0.3, 0.4) is 0 Å². The van der Waals surface area contributed by atoms with Crippen LogP contribution < -0.4 is 10.5 Å². The molecule has 0 aliphatic heterocycles. The molecule has 1 aromatic rings. The molecule has 0 aliphatic rings. The standard InChI is InChI=1S/C16H27NO/c1-12(8-9-17)14-10-13(11-16(2,3)4)6-7-15(14)18-5/h6-7,10,12H,8-9,11,17H2,1-5H3. The minimum atomic E-state index is 0.308. The number of hydrogen-bond donors (Lipinski definition) is 1. The van der Waals surface area contributed by atoms with Gasteiger partial charge in [0, 0.05) is 0 Å². The van der Waals surface area contributed by atoms with Crippen molar-refractivity contribution in [3.63, 3.8) is 0 Å². The molecule has 0 bridgehead atoms. The Kier molecular flexibility index (Phi) is 5.21. The minimum absolute atomic E-state index is 0.308. The van der Waals surface area contributed by atoms with Gasteiger partial charge in [-0.25, -0.2) is 0 Å². The number of methoxy groups -OCH3 is 1. The van der Waals surface area contributed by atoms with E-state index in [1.165, 1.54) is 11.1 Å². The maximum atomic E-state index is 5.66. The minimum Gasteiger partial charge on any atom is -0.496 e. The molecule has 2 nitrogen and oxygen atoms in total. The summed E-state index contributed by atoms with van der Waals surface area (Å²) in [5.74, 6) is 1.43. The largest absolute Gasteiger partial charge is 0.496 e. The summed E-state index contributed by atoms with van der Waals surface area (Å²) in [6, 6.07) is 6.54. The Hall–Kier alpha value is -1.02. The first-order valence-electron chi connectivity index (χ1n) is 6.74. The van der Waals surface area contributed by atoms with E-state index in [1.807, 2.05) is 0 Å². The Morgan fingerprint density at radius 2 is 1.94 bits per heavy atom. The lowest BCUT2D eigenvalue weighted by Crippen LogP contribution is -2.11. The Morgan fingerprint density at radius 3 is 2.44 bits per heavy atom. The van der Waals surface area contributed by atoms with Crippen LogP contribution >= 0.6 is 0 Å². The fraction of sp³-hybridized carbons (Fsp3) is 0.625. The second kappa shape index (κ2) is 6.24. The Morgan fingerprint density at radius 1 is 1.28 bits per heavy atom. The first-order chi connectivity index (χ1) is 8.37. The zero-order valence-corrected chi connectivity index (χ0v) is 12.4. The highest BCUT2D eigenvalue weighted by molar-refractivity contribution is 5.39. The van der Waals surface area contributed by atoms with Gasteiger partial charge in [-0.1, -0.05) is 39.8 Å². The van der Waals surface area contributed by atoms with Gasteiger partial charge in [-0.3, -0.25) is 0 Å². The Labute approximate surface area is 112 Å². The molecule has 0 amide bonds. The third-order valence-corrected chi connectivity index (χ3v) is 3.16. The van der Waals surface area contributed by atoms with Crippen molar-refractivity contribution in [2.24, 2.45) is 11.1 Å². The van der Waals surface area contributed by atoms with Crippen LogP contribution in [0.4, 0.5) is 0 Å². The summed E-state index contributed by atoms with van der Waals surface area (Å²) in [5, 5.41) is 0.